The van der Waals surface area contributed by atoms with E-state index >= 15 is 0 Å². The Balaban J connectivity index is 2.16. The molecule has 2 aromatic carbocycles. The summed E-state index contributed by atoms with van der Waals surface area (Å²) in [5, 5.41) is 11.3. The molecule has 0 aliphatic carbocycles. The standard InChI is InChI=1S/C16H13BrN2O2/c1-11-5-6-12(17)9-15(11)16(20)19-13-3-2-4-14(10-13)21-8-7-18/h2-6,9-10H,8H2,1H3,(H,19,20). The number of anilines is 1. The first kappa shape index (κ1) is 15.1. The molecule has 0 aliphatic heterocycles. The molecule has 0 bridgehead atoms. The minimum absolute atomic E-state index is 0.0257. The summed E-state index contributed by atoms with van der Waals surface area (Å²) < 4.78 is 6.06. The maximum absolute atomic E-state index is 12.3. The van der Waals surface area contributed by atoms with Crippen molar-refractivity contribution < 1.29 is 9.53 Å². The van der Waals surface area contributed by atoms with Gasteiger partial charge in [-0.15, -0.1) is 0 Å². The van der Waals surface area contributed by atoms with Crippen LogP contribution in [-0.2, 0) is 0 Å². The number of ether oxygens (including phenoxy) is 1. The van der Waals surface area contributed by atoms with E-state index in [4.69, 9.17) is 10.00 Å². The zero-order valence-electron chi connectivity index (χ0n) is 11.4. The van der Waals surface area contributed by atoms with Gasteiger partial charge in [0.25, 0.3) is 5.91 Å². The number of rotatable bonds is 4. The fourth-order valence-corrected chi connectivity index (χ4v) is 2.18. The molecule has 2 rings (SSSR count). The highest BCUT2D eigenvalue weighted by Gasteiger charge is 2.10. The van der Waals surface area contributed by atoms with E-state index in [1.54, 1.807) is 30.3 Å². The van der Waals surface area contributed by atoms with E-state index in [0.29, 0.717) is 17.0 Å². The highest BCUT2D eigenvalue weighted by molar-refractivity contribution is 9.10. The Kier molecular flexibility index (Phi) is 4.96. The average Bonchev–Trinajstić information content (AvgIpc) is 2.48. The van der Waals surface area contributed by atoms with Crippen molar-refractivity contribution >= 4 is 27.5 Å². The molecule has 1 N–H and O–H groups in total. The van der Waals surface area contributed by atoms with Gasteiger partial charge in [0, 0.05) is 21.8 Å². The van der Waals surface area contributed by atoms with Gasteiger partial charge in [-0.05, 0) is 36.8 Å². The Morgan fingerprint density at radius 2 is 2.14 bits per heavy atom. The lowest BCUT2D eigenvalue weighted by atomic mass is 10.1. The molecule has 0 atom stereocenters. The van der Waals surface area contributed by atoms with Crippen molar-refractivity contribution in [3.63, 3.8) is 0 Å². The number of hydrogen-bond acceptors (Lipinski definition) is 3. The third-order valence-corrected chi connectivity index (χ3v) is 3.33. The largest absolute Gasteiger partial charge is 0.479 e. The Hall–Kier alpha value is -2.32. The molecule has 4 nitrogen and oxygen atoms in total. The van der Waals surface area contributed by atoms with Gasteiger partial charge < -0.3 is 10.1 Å². The SMILES string of the molecule is Cc1ccc(Br)cc1C(=O)Nc1cccc(OCC#N)c1. The normalized spacial score (nSPS) is 9.76. The average molecular weight is 345 g/mol. The van der Waals surface area contributed by atoms with Gasteiger partial charge in [0.2, 0.25) is 0 Å². The van der Waals surface area contributed by atoms with Gasteiger partial charge in [-0.3, -0.25) is 4.79 Å². The first-order valence-corrected chi connectivity index (χ1v) is 7.07. The predicted molar refractivity (Wildman–Crippen MR) is 84.4 cm³/mol. The third-order valence-electron chi connectivity index (χ3n) is 2.84. The van der Waals surface area contributed by atoms with Crippen molar-refractivity contribution in [2.24, 2.45) is 0 Å². The van der Waals surface area contributed by atoms with Crippen LogP contribution >= 0.6 is 15.9 Å². The highest BCUT2D eigenvalue weighted by Crippen LogP contribution is 2.20. The number of hydrogen-bond donors (Lipinski definition) is 1. The second kappa shape index (κ2) is 6.91. The molecule has 5 heteroatoms. The number of nitriles is 1. The van der Waals surface area contributed by atoms with E-state index in [2.05, 4.69) is 21.2 Å². The zero-order chi connectivity index (χ0) is 15.2. The molecule has 0 aromatic heterocycles. The number of aryl methyl sites for hydroxylation is 1. The summed E-state index contributed by atoms with van der Waals surface area (Å²) >= 11 is 3.36. The first-order chi connectivity index (χ1) is 10.1. The summed E-state index contributed by atoms with van der Waals surface area (Å²) in [4.78, 5) is 12.3. The summed E-state index contributed by atoms with van der Waals surface area (Å²) in [5.41, 5.74) is 2.12. The van der Waals surface area contributed by atoms with Crippen LogP contribution in [0.2, 0.25) is 0 Å². The molecule has 0 fully saturated rings. The van der Waals surface area contributed by atoms with Crippen LogP contribution < -0.4 is 10.1 Å². The summed E-state index contributed by atoms with van der Waals surface area (Å²) in [6.45, 7) is 1.86. The van der Waals surface area contributed by atoms with Crippen LogP contribution in [0, 0.1) is 18.3 Å². The monoisotopic (exact) mass is 344 g/mol. The second-order valence-electron chi connectivity index (χ2n) is 4.39. The quantitative estimate of drug-likeness (QED) is 0.914. The van der Waals surface area contributed by atoms with Crippen LogP contribution in [0.15, 0.2) is 46.9 Å². The molecule has 0 unspecified atom stereocenters. The fourth-order valence-electron chi connectivity index (χ4n) is 1.82. The molecule has 0 saturated heterocycles. The van der Waals surface area contributed by atoms with Gasteiger partial charge in [-0.2, -0.15) is 5.26 Å². The van der Waals surface area contributed by atoms with Crippen LogP contribution in [0.1, 0.15) is 15.9 Å². The van der Waals surface area contributed by atoms with Gasteiger partial charge in [-0.25, -0.2) is 0 Å². The van der Waals surface area contributed by atoms with Crippen LogP contribution in [0.3, 0.4) is 0 Å². The van der Waals surface area contributed by atoms with E-state index in [9.17, 15) is 4.79 Å². The number of nitrogens with one attached hydrogen (secondary N) is 1. The molecular formula is C16H13BrN2O2. The van der Waals surface area contributed by atoms with Crippen molar-refractivity contribution in [3.05, 3.63) is 58.1 Å². The Morgan fingerprint density at radius 3 is 2.90 bits per heavy atom. The van der Waals surface area contributed by atoms with E-state index in [0.717, 1.165) is 10.0 Å². The predicted octanol–water partition coefficient (Wildman–Crippen LogP) is 3.91. The van der Waals surface area contributed by atoms with Gasteiger partial charge in [0.05, 0.1) is 0 Å². The van der Waals surface area contributed by atoms with Crippen LogP contribution in [0.5, 0.6) is 5.75 Å². The molecule has 106 valence electrons. The molecule has 0 radical (unpaired) electrons. The molecule has 0 spiro atoms. The highest BCUT2D eigenvalue weighted by atomic mass is 79.9. The number of nitrogens with zero attached hydrogens (tertiary/aromatic N) is 1. The molecular weight excluding hydrogens is 332 g/mol. The van der Waals surface area contributed by atoms with E-state index in [-0.39, 0.29) is 12.5 Å². The molecule has 0 heterocycles. The van der Waals surface area contributed by atoms with E-state index in [1.807, 2.05) is 25.1 Å². The molecule has 0 aliphatic rings. The summed E-state index contributed by atoms with van der Waals surface area (Å²) in [5.74, 6) is 0.353. The van der Waals surface area contributed by atoms with Crippen molar-refractivity contribution in [2.45, 2.75) is 6.92 Å². The first-order valence-electron chi connectivity index (χ1n) is 6.27. The second-order valence-corrected chi connectivity index (χ2v) is 5.30. The lowest BCUT2D eigenvalue weighted by Crippen LogP contribution is -2.13. The molecule has 0 saturated carbocycles. The maximum atomic E-state index is 12.3. The summed E-state index contributed by atoms with van der Waals surface area (Å²) in [7, 11) is 0. The zero-order valence-corrected chi connectivity index (χ0v) is 13.0. The number of carbonyl (C=O) groups is 1. The van der Waals surface area contributed by atoms with Gasteiger partial charge in [0.15, 0.2) is 6.61 Å². The Labute approximate surface area is 131 Å². The van der Waals surface area contributed by atoms with Gasteiger partial charge >= 0.3 is 0 Å². The van der Waals surface area contributed by atoms with Crippen molar-refractivity contribution in [3.8, 4) is 11.8 Å². The van der Waals surface area contributed by atoms with Crippen molar-refractivity contribution in [2.75, 3.05) is 11.9 Å². The lowest BCUT2D eigenvalue weighted by molar-refractivity contribution is 0.102. The van der Waals surface area contributed by atoms with Gasteiger partial charge in [0.1, 0.15) is 11.8 Å². The van der Waals surface area contributed by atoms with E-state index in [1.165, 1.54) is 0 Å². The number of amides is 1. The summed E-state index contributed by atoms with van der Waals surface area (Å²) in [6, 6.07) is 14.4. The fraction of sp³-hybridized carbons (Fsp3) is 0.125. The number of carbonyl (C=O) groups excluding carboxylic acids is 1. The maximum Gasteiger partial charge on any atom is 0.255 e. The minimum Gasteiger partial charge on any atom is -0.479 e. The minimum atomic E-state index is -0.189. The lowest BCUT2D eigenvalue weighted by Gasteiger charge is -2.09. The molecule has 21 heavy (non-hydrogen) atoms. The van der Waals surface area contributed by atoms with Crippen LogP contribution in [0.4, 0.5) is 5.69 Å². The van der Waals surface area contributed by atoms with Crippen molar-refractivity contribution in [1.82, 2.24) is 0 Å². The number of benzene rings is 2. The smallest absolute Gasteiger partial charge is 0.255 e. The Morgan fingerprint density at radius 1 is 1.33 bits per heavy atom. The van der Waals surface area contributed by atoms with Crippen LogP contribution in [-0.4, -0.2) is 12.5 Å². The summed E-state index contributed by atoms with van der Waals surface area (Å²) in [6.07, 6.45) is 0. The van der Waals surface area contributed by atoms with Crippen LogP contribution in [0.25, 0.3) is 0 Å². The molecule has 1 amide bonds. The van der Waals surface area contributed by atoms with E-state index < -0.39 is 0 Å². The number of halogens is 1. The topological polar surface area (TPSA) is 62.1 Å². The van der Waals surface area contributed by atoms with Gasteiger partial charge in [-0.1, -0.05) is 28.1 Å². The van der Waals surface area contributed by atoms with Crippen molar-refractivity contribution in [1.29, 1.82) is 5.26 Å². The molecule has 2 aromatic rings. The Bertz CT molecular complexity index is 708. The third kappa shape index (κ3) is 4.07.